The van der Waals surface area contributed by atoms with Crippen molar-refractivity contribution in [2.75, 3.05) is 13.2 Å². The first kappa shape index (κ1) is 27.9. The summed E-state index contributed by atoms with van der Waals surface area (Å²) < 4.78 is 10.7. The molecule has 3 aromatic rings. The molecule has 1 heterocycles. The van der Waals surface area contributed by atoms with Crippen LogP contribution in [0.15, 0.2) is 72.3 Å². The molecular formula is C31H30ClNO6. The van der Waals surface area contributed by atoms with Crippen LogP contribution < -0.4 is 4.74 Å². The van der Waals surface area contributed by atoms with Gasteiger partial charge in [0.25, 0.3) is 11.7 Å². The van der Waals surface area contributed by atoms with E-state index in [4.69, 9.17) is 21.1 Å². The normalized spacial score (nSPS) is 16.4. The number of likely N-dealkylation sites (tertiary alicyclic amines) is 1. The van der Waals surface area contributed by atoms with Gasteiger partial charge < -0.3 is 19.5 Å². The van der Waals surface area contributed by atoms with Gasteiger partial charge in [0.1, 0.15) is 11.5 Å². The number of ketones is 1. The van der Waals surface area contributed by atoms with Crippen LogP contribution in [0.1, 0.15) is 58.9 Å². The number of hydrogen-bond acceptors (Lipinski definition) is 6. The van der Waals surface area contributed by atoms with Crippen molar-refractivity contribution in [3.63, 3.8) is 0 Å². The Labute approximate surface area is 232 Å². The van der Waals surface area contributed by atoms with Gasteiger partial charge in [-0.1, -0.05) is 60.5 Å². The molecule has 0 spiro atoms. The third kappa shape index (κ3) is 5.99. The van der Waals surface area contributed by atoms with Gasteiger partial charge in [-0.05, 0) is 61.7 Å². The third-order valence-electron chi connectivity index (χ3n) is 6.38. The van der Waals surface area contributed by atoms with Gasteiger partial charge in [-0.15, -0.1) is 0 Å². The number of aliphatic hydroxyl groups excluding tert-OH is 1. The molecule has 0 saturated carbocycles. The largest absolute Gasteiger partial charge is 0.507 e. The van der Waals surface area contributed by atoms with Gasteiger partial charge in [-0.3, -0.25) is 9.59 Å². The quantitative estimate of drug-likeness (QED) is 0.148. The van der Waals surface area contributed by atoms with Gasteiger partial charge in [-0.25, -0.2) is 4.79 Å². The first-order chi connectivity index (χ1) is 18.7. The second kappa shape index (κ2) is 12.2. The highest BCUT2D eigenvalue weighted by atomic mass is 35.5. The Morgan fingerprint density at radius 2 is 1.72 bits per heavy atom. The number of benzene rings is 3. The van der Waals surface area contributed by atoms with Gasteiger partial charge in [0.15, 0.2) is 0 Å². The van der Waals surface area contributed by atoms with Gasteiger partial charge in [0.2, 0.25) is 0 Å². The first-order valence-corrected chi connectivity index (χ1v) is 13.2. The number of nitrogens with zero attached hydrogens (tertiary/aromatic N) is 1. The number of rotatable bonds is 9. The Balaban J connectivity index is 1.75. The van der Waals surface area contributed by atoms with Gasteiger partial charge >= 0.3 is 5.97 Å². The predicted molar refractivity (Wildman–Crippen MR) is 149 cm³/mol. The maximum absolute atomic E-state index is 13.4. The zero-order valence-electron chi connectivity index (χ0n) is 22.1. The summed E-state index contributed by atoms with van der Waals surface area (Å²) in [6, 6.07) is 18.1. The second-order valence-electron chi connectivity index (χ2n) is 9.25. The third-order valence-corrected chi connectivity index (χ3v) is 6.69. The SMILES string of the molecule is CCCOC(=O)c1ccc(CN2C(=O)C(=O)/C(=C(\O)c3ccc(Cl)c(OCC)c3)C2c2cccc(C)c2)cc1. The van der Waals surface area contributed by atoms with Gasteiger partial charge in [0, 0.05) is 12.1 Å². The van der Waals surface area contributed by atoms with Crippen LogP contribution in [0.3, 0.4) is 0 Å². The number of ether oxygens (including phenoxy) is 2. The number of aryl methyl sites for hydroxylation is 1. The summed E-state index contributed by atoms with van der Waals surface area (Å²) in [4.78, 5) is 40.4. The zero-order valence-corrected chi connectivity index (χ0v) is 22.8. The van der Waals surface area contributed by atoms with E-state index in [9.17, 15) is 19.5 Å². The minimum atomic E-state index is -0.828. The number of halogens is 1. The number of amides is 1. The minimum absolute atomic E-state index is 0.0184. The summed E-state index contributed by atoms with van der Waals surface area (Å²) in [5, 5.41) is 11.7. The van der Waals surface area contributed by atoms with Crippen LogP contribution in [-0.4, -0.2) is 40.9 Å². The maximum atomic E-state index is 13.4. The summed E-state index contributed by atoms with van der Waals surface area (Å²) in [6.45, 7) is 6.44. The average Bonchev–Trinajstić information content (AvgIpc) is 3.18. The molecule has 1 amide bonds. The molecule has 1 fully saturated rings. The minimum Gasteiger partial charge on any atom is -0.507 e. The van der Waals surface area contributed by atoms with Crippen molar-refractivity contribution in [3.8, 4) is 5.75 Å². The average molecular weight is 548 g/mol. The predicted octanol–water partition coefficient (Wildman–Crippen LogP) is 6.24. The molecule has 4 rings (SSSR count). The summed E-state index contributed by atoms with van der Waals surface area (Å²) >= 11 is 6.22. The smallest absolute Gasteiger partial charge is 0.338 e. The van der Waals surface area contributed by atoms with Gasteiger partial charge in [0.05, 0.1) is 35.4 Å². The van der Waals surface area contributed by atoms with Crippen molar-refractivity contribution in [2.45, 2.75) is 39.8 Å². The molecule has 8 heteroatoms. The standard InChI is InChI=1S/C31H30ClNO6/c1-4-15-39-31(37)21-11-9-20(10-12-21)18-33-27(22-8-6-7-19(3)16-22)26(29(35)30(33)36)28(34)23-13-14-24(32)25(17-23)38-5-2/h6-14,16-17,27,34H,4-5,15,18H2,1-3H3/b28-26-. The topological polar surface area (TPSA) is 93.1 Å². The van der Waals surface area contributed by atoms with E-state index in [1.165, 1.54) is 4.90 Å². The van der Waals surface area contributed by atoms with Crippen LogP contribution >= 0.6 is 11.6 Å². The van der Waals surface area contributed by atoms with Crippen LogP contribution in [0.4, 0.5) is 0 Å². The highest BCUT2D eigenvalue weighted by Gasteiger charge is 2.46. The van der Waals surface area contributed by atoms with Crippen molar-refractivity contribution in [3.05, 3.63) is 105 Å². The molecule has 1 N–H and O–H groups in total. The molecule has 0 bridgehead atoms. The van der Waals surface area contributed by atoms with E-state index in [1.54, 1.807) is 42.5 Å². The van der Waals surface area contributed by atoms with E-state index in [2.05, 4.69) is 0 Å². The summed E-state index contributed by atoms with van der Waals surface area (Å²) in [6.07, 6.45) is 0.723. The lowest BCUT2D eigenvalue weighted by Crippen LogP contribution is -2.29. The molecule has 1 aliphatic rings. The molecule has 0 aromatic heterocycles. The molecule has 0 aliphatic carbocycles. The molecule has 39 heavy (non-hydrogen) atoms. The van der Waals surface area contributed by atoms with Crippen molar-refractivity contribution in [1.29, 1.82) is 0 Å². The molecule has 7 nitrogen and oxygen atoms in total. The Bertz CT molecular complexity index is 1430. The fourth-order valence-corrected chi connectivity index (χ4v) is 4.70. The molecule has 3 aromatic carbocycles. The number of aliphatic hydroxyl groups is 1. The lowest BCUT2D eigenvalue weighted by atomic mass is 9.94. The van der Waals surface area contributed by atoms with Crippen LogP contribution in [-0.2, 0) is 20.9 Å². The number of Topliss-reactive ketones (excluding diaryl/α,β-unsaturated/α-hetero) is 1. The highest BCUT2D eigenvalue weighted by Crippen LogP contribution is 2.41. The molecule has 0 radical (unpaired) electrons. The number of hydrogen-bond donors (Lipinski definition) is 1. The Hall–Kier alpha value is -4.10. The summed E-state index contributed by atoms with van der Waals surface area (Å²) in [5.41, 5.74) is 3.04. The number of carbonyl (C=O) groups excluding carboxylic acids is 3. The highest BCUT2D eigenvalue weighted by molar-refractivity contribution is 6.46. The Morgan fingerprint density at radius 1 is 1.00 bits per heavy atom. The van der Waals surface area contributed by atoms with Crippen molar-refractivity contribution in [2.24, 2.45) is 0 Å². The Morgan fingerprint density at radius 3 is 2.38 bits per heavy atom. The van der Waals surface area contributed by atoms with Crippen molar-refractivity contribution in [1.82, 2.24) is 4.90 Å². The fraction of sp³-hybridized carbons (Fsp3) is 0.258. The fourth-order valence-electron chi connectivity index (χ4n) is 4.52. The molecule has 1 unspecified atom stereocenters. The summed E-state index contributed by atoms with van der Waals surface area (Å²) in [5.74, 6) is -1.88. The van der Waals surface area contributed by atoms with Crippen LogP contribution in [0, 0.1) is 6.92 Å². The van der Waals surface area contributed by atoms with E-state index in [0.717, 1.165) is 12.0 Å². The van der Waals surface area contributed by atoms with E-state index in [1.807, 2.05) is 45.0 Å². The lowest BCUT2D eigenvalue weighted by molar-refractivity contribution is -0.140. The van der Waals surface area contributed by atoms with Crippen LogP contribution in [0.2, 0.25) is 5.02 Å². The number of carbonyl (C=O) groups is 3. The molecule has 1 aliphatic heterocycles. The van der Waals surface area contributed by atoms with E-state index >= 15 is 0 Å². The second-order valence-corrected chi connectivity index (χ2v) is 9.66. The molecule has 1 atom stereocenters. The first-order valence-electron chi connectivity index (χ1n) is 12.8. The van der Waals surface area contributed by atoms with Crippen LogP contribution in [0.5, 0.6) is 5.75 Å². The van der Waals surface area contributed by atoms with Crippen LogP contribution in [0.25, 0.3) is 5.76 Å². The van der Waals surface area contributed by atoms with Crippen molar-refractivity contribution < 1.29 is 29.0 Å². The van der Waals surface area contributed by atoms with E-state index in [0.29, 0.717) is 46.2 Å². The summed E-state index contributed by atoms with van der Waals surface area (Å²) in [7, 11) is 0. The lowest BCUT2D eigenvalue weighted by Gasteiger charge is -2.26. The van der Waals surface area contributed by atoms with Crippen molar-refractivity contribution >= 4 is 35.0 Å². The Kier molecular flexibility index (Phi) is 8.72. The maximum Gasteiger partial charge on any atom is 0.338 e. The monoisotopic (exact) mass is 547 g/mol. The molecule has 202 valence electrons. The zero-order chi connectivity index (χ0) is 28.1. The molecular weight excluding hydrogens is 518 g/mol. The number of esters is 1. The van der Waals surface area contributed by atoms with Gasteiger partial charge in [-0.2, -0.15) is 0 Å². The van der Waals surface area contributed by atoms with E-state index in [-0.39, 0.29) is 17.9 Å². The van der Waals surface area contributed by atoms with E-state index < -0.39 is 23.7 Å². The molecule has 1 saturated heterocycles.